The molecule has 1 aliphatic rings. The Hall–Kier alpha value is -0.0800. The Balaban J connectivity index is 2.65. The minimum Gasteiger partial charge on any atom is -0.313 e. The van der Waals surface area contributed by atoms with Crippen molar-refractivity contribution in [2.75, 3.05) is 20.6 Å². The third-order valence-corrected chi connectivity index (χ3v) is 4.17. The number of nitrogens with one attached hydrogen (secondary N) is 1. The minimum absolute atomic E-state index is 0.464. The highest BCUT2D eigenvalue weighted by Gasteiger charge is 2.36. The summed E-state index contributed by atoms with van der Waals surface area (Å²) < 4.78 is 0. The fraction of sp³-hybridized carbons (Fsp3) is 1.00. The maximum absolute atomic E-state index is 3.65. The van der Waals surface area contributed by atoms with Crippen LogP contribution in [0.4, 0.5) is 0 Å². The normalized spacial score (nSPS) is 32.1. The molecule has 16 heavy (non-hydrogen) atoms. The topological polar surface area (TPSA) is 15.3 Å². The fourth-order valence-corrected chi connectivity index (χ4v) is 3.00. The quantitative estimate of drug-likeness (QED) is 0.796. The first kappa shape index (κ1) is 14.0. The molecule has 0 spiro atoms. The predicted octanol–water partition coefficient (Wildman–Crippen LogP) is 2.74. The second kappa shape index (κ2) is 5.50. The Morgan fingerprint density at radius 1 is 1.19 bits per heavy atom. The van der Waals surface area contributed by atoms with Gasteiger partial charge in [0.05, 0.1) is 0 Å². The van der Waals surface area contributed by atoms with Gasteiger partial charge in [0.25, 0.3) is 0 Å². The van der Waals surface area contributed by atoms with Gasteiger partial charge in [-0.25, -0.2) is 0 Å². The van der Waals surface area contributed by atoms with E-state index in [1.165, 1.54) is 19.3 Å². The molecular formula is C14H30N2. The van der Waals surface area contributed by atoms with Crippen LogP contribution in [0.15, 0.2) is 0 Å². The number of likely N-dealkylation sites (N-methyl/N-ethyl adjacent to an activating group) is 2. The zero-order chi connectivity index (χ0) is 12.3. The van der Waals surface area contributed by atoms with E-state index in [-0.39, 0.29) is 0 Å². The predicted molar refractivity (Wildman–Crippen MR) is 71.7 cm³/mol. The molecule has 1 aliphatic carbocycles. The number of rotatable bonds is 3. The Morgan fingerprint density at radius 3 is 2.25 bits per heavy atom. The van der Waals surface area contributed by atoms with Gasteiger partial charge in [0.1, 0.15) is 0 Å². The van der Waals surface area contributed by atoms with E-state index >= 15 is 0 Å². The molecule has 1 rings (SSSR count). The molecule has 3 unspecified atom stereocenters. The molecular weight excluding hydrogens is 196 g/mol. The molecule has 0 aromatic carbocycles. The summed E-state index contributed by atoms with van der Waals surface area (Å²) >= 11 is 0. The fourth-order valence-electron chi connectivity index (χ4n) is 3.00. The summed E-state index contributed by atoms with van der Waals surface area (Å²) in [6, 6.07) is 1.40. The van der Waals surface area contributed by atoms with Gasteiger partial charge in [-0.2, -0.15) is 0 Å². The smallest absolute Gasteiger partial charge is 0.0246 e. The minimum atomic E-state index is 0.464. The SMILES string of the molecule is CCNC1CCC(C(C)(C)C)CC1N(C)C. The van der Waals surface area contributed by atoms with E-state index in [1.807, 2.05) is 0 Å². The van der Waals surface area contributed by atoms with Gasteiger partial charge in [-0.05, 0) is 51.2 Å². The van der Waals surface area contributed by atoms with Crippen LogP contribution in [0.25, 0.3) is 0 Å². The van der Waals surface area contributed by atoms with Crippen molar-refractivity contribution < 1.29 is 0 Å². The standard InChI is InChI=1S/C14H30N2/c1-7-15-12-9-8-11(14(2,3)4)10-13(12)16(5)6/h11-13,15H,7-10H2,1-6H3. The van der Waals surface area contributed by atoms with Crippen LogP contribution in [-0.2, 0) is 0 Å². The van der Waals surface area contributed by atoms with Crippen molar-refractivity contribution in [3.05, 3.63) is 0 Å². The molecule has 1 saturated carbocycles. The first-order valence-electron chi connectivity index (χ1n) is 6.76. The molecule has 0 bridgehead atoms. The van der Waals surface area contributed by atoms with E-state index in [2.05, 4.69) is 52.0 Å². The highest BCUT2D eigenvalue weighted by atomic mass is 15.1. The van der Waals surface area contributed by atoms with Crippen molar-refractivity contribution in [2.45, 2.75) is 59.0 Å². The lowest BCUT2D eigenvalue weighted by atomic mass is 9.69. The van der Waals surface area contributed by atoms with Gasteiger partial charge in [-0.3, -0.25) is 0 Å². The largest absolute Gasteiger partial charge is 0.313 e. The maximum Gasteiger partial charge on any atom is 0.0246 e. The van der Waals surface area contributed by atoms with Crippen LogP contribution in [0, 0.1) is 11.3 Å². The Kier molecular flexibility index (Phi) is 4.81. The molecule has 3 atom stereocenters. The summed E-state index contributed by atoms with van der Waals surface area (Å²) in [4.78, 5) is 2.41. The Labute approximate surface area is 102 Å². The van der Waals surface area contributed by atoms with Gasteiger partial charge in [0.15, 0.2) is 0 Å². The summed E-state index contributed by atoms with van der Waals surface area (Å²) in [5.41, 5.74) is 0.464. The third kappa shape index (κ3) is 3.46. The molecule has 1 fully saturated rings. The lowest BCUT2D eigenvalue weighted by Crippen LogP contribution is -2.52. The van der Waals surface area contributed by atoms with Crippen molar-refractivity contribution in [3.63, 3.8) is 0 Å². The van der Waals surface area contributed by atoms with Crippen LogP contribution in [0.5, 0.6) is 0 Å². The summed E-state index contributed by atoms with van der Waals surface area (Å²) in [6.45, 7) is 10.5. The summed E-state index contributed by atoms with van der Waals surface area (Å²) in [5, 5.41) is 3.65. The molecule has 2 heteroatoms. The molecule has 1 N–H and O–H groups in total. The summed E-state index contributed by atoms with van der Waals surface area (Å²) in [7, 11) is 4.44. The van der Waals surface area contributed by atoms with E-state index in [4.69, 9.17) is 0 Å². The van der Waals surface area contributed by atoms with E-state index < -0.39 is 0 Å². The van der Waals surface area contributed by atoms with Crippen molar-refractivity contribution in [3.8, 4) is 0 Å². The molecule has 0 radical (unpaired) electrons. The number of hydrogen-bond donors (Lipinski definition) is 1. The van der Waals surface area contributed by atoms with Gasteiger partial charge in [-0.15, -0.1) is 0 Å². The summed E-state index contributed by atoms with van der Waals surface area (Å²) in [6.07, 6.45) is 4.05. The average Bonchev–Trinajstić information content (AvgIpc) is 2.16. The van der Waals surface area contributed by atoms with Crippen LogP contribution < -0.4 is 5.32 Å². The molecule has 0 amide bonds. The highest BCUT2D eigenvalue weighted by Crippen LogP contribution is 2.38. The molecule has 0 aromatic rings. The molecule has 0 heterocycles. The van der Waals surface area contributed by atoms with Gasteiger partial charge < -0.3 is 10.2 Å². The van der Waals surface area contributed by atoms with Gasteiger partial charge >= 0.3 is 0 Å². The molecule has 0 aliphatic heterocycles. The van der Waals surface area contributed by atoms with E-state index in [1.54, 1.807) is 0 Å². The zero-order valence-electron chi connectivity index (χ0n) is 12.0. The van der Waals surface area contributed by atoms with Crippen molar-refractivity contribution in [2.24, 2.45) is 11.3 Å². The van der Waals surface area contributed by atoms with Crippen LogP contribution >= 0.6 is 0 Å². The monoisotopic (exact) mass is 226 g/mol. The van der Waals surface area contributed by atoms with Crippen LogP contribution in [0.1, 0.15) is 47.0 Å². The third-order valence-electron chi connectivity index (χ3n) is 4.17. The summed E-state index contributed by atoms with van der Waals surface area (Å²) in [5.74, 6) is 0.870. The molecule has 96 valence electrons. The van der Waals surface area contributed by atoms with Crippen molar-refractivity contribution in [1.82, 2.24) is 10.2 Å². The van der Waals surface area contributed by atoms with Gasteiger partial charge in [0.2, 0.25) is 0 Å². The van der Waals surface area contributed by atoms with Crippen molar-refractivity contribution >= 4 is 0 Å². The van der Waals surface area contributed by atoms with E-state index in [0.29, 0.717) is 17.5 Å². The second-order valence-electron chi connectivity index (χ2n) is 6.57. The Morgan fingerprint density at radius 2 is 1.81 bits per heavy atom. The average molecular weight is 226 g/mol. The van der Waals surface area contributed by atoms with Gasteiger partial charge in [-0.1, -0.05) is 27.7 Å². The molecule has 0 aromatic heterocycles. The molecule has 2 nitrogen and oxygen atoms in total. The van der Waals surface area contributed by atoms with Crippen LogP contribution in [0.2, 0.25) is 0 Å². The second-order valence-corrected chi connectivity index (χ2v) is 6.57. The van der Waals surface area contributed by atoms with Gasteiger partial charge in [0, 0.05) is 12.1 Å². The number of nitrogens with zero attached hydrogens (tertiary/aromatic N) is 1. The first-order valence-corrected chi connectivity index (χ1v) is 6.76. The lowest BCUT2D eigenvalue weighted by Gasteiger charge is -2.44. The first-order chi connectivity index (χ1) is 7.36. The number of hydrogen-bond acceptors (Lipinski definition) is 2. The van der Waals surface area contributed by atoms with Crippen LogP contribution in [0.3, 0.4) is 0 Å². The maximum atomic E-state index is 3.65. The van der Waals surface area contributed by atoms with Crippen molar-refractivity contribution in [1.29, 1.82) is 0 Å². The van der Waals surface area contributed by atoms with E-state index in [0.717, 1.165) is 12.5 Å². The zero-order valence-corrected chi connectivity index (χ0v) is 12.0. The lowest BCUT2D eigenvalue weighted by molar-refractivity contribution is 0.0855. The van der Waals surface area contributed by atoms with Crippen LogP contribution in [-0.4, -0.2) is 37.6 Å². The highest BCUT2D eigenvalue weighted by molar-refractivity contribution is 4.92. The molecule has 0 saturated heterocycles. The Bertz CT molecular complexity index is 205. The van der Waals surface area contributed by atoms with E-state index in [9.17, 15) is 0 Å².